The van der Waals surface area contributed by atoms with Crippen molar-refractivity contribution in [2.75, 3.05) is 10.6 Å². The monoisotopic (exact) mass is 452 g/mol. The molecule has 3 N–H and O–H groups in total. The minimum atomic E-state index is -1.03. The van der Waals surface area contributed by atoms with Gasteiger partial charge < -0.3 is 15.7 Å². The summed E-state index contributed by atoms with van der Waals surface area (Å²) in [7, 11) is 0. The number of carboxylic acid groups (broad SMARTS) is 1. The Morgan fingerprint density at radius 1 is 0.812 bits per heavy atom. The first-order valence-corrected chi connectivity index (χ1v) is 10.7. The van der Waals surface area contributed by atoms with Crippen LogP contribution in [0.25, 0.3) is 0 Å². The molecule has 2 amide bonds. The van der Waals surface area contributed by atoms with Crippen LogP contribution in [0.1, 0.15) is 23.7 Å². The summed E-state index contributed by atoms with van der Waals surface area (Å²) in [4.78, 5) is 36.2. The number of aliphatic carboxylic acids is 1. The molecule has 8 heteroatoms. The van der Waals surface area contributed by atoms with Gasteiger partial charge in [0.2, 0.25) is 11.8 Å². The van der Waals surface area contributed by atoms with Crippen molar-refractivity contribution in [2.45, 2.75) is 23.0 Å². The van der Waals surface area contributed by atoms with Gasteiger partial charge in [0.25, 0.3) is 0 Å². The van der Waals surface area contributed by atoms with Gasteiger partial charge in [-0.25, -0.2) is 4.39 Å². The number of carbonyl (C=O) groups excluding carboxylic acids is 2. The molecule has 0 bridgehead atoms. The highest BCUT2D eigenvalue weighted by molar-refractivity contribution is 8.00. The topological polar surface area (TPSA) is 95.5 Å². The van der Waals surface area contributed by atoms with Crippen molar-refractivity contribution in [2.24, 2.45) is 0 Å². The Morgan fingerprint density at radius 3 is 2.03 bits per heavy atom. The fraction of sp³-hybridized carbons (Fsp3) is 0.125. The number of rotatable bonds is 9. The van der Waals surface area contributed by atoms with E-state index >= 15 is 0 Å². The van der Waals surface area contributed by atoms with Crippen LogP contribution < -0.4 is 10.6 Å². The zero-order chi connectivity index (χ0) is 22.9. The highest BCUT2D eigenvalue weighted by atomic mass is 32.2. The van der Waals surface area contributed by atoms with Gasteiger partial charge in [0.05, 0.1) is 6.42 Å². The lowest BCUT2D eigenvalue weighted by molar-refractivity contribution is -0.138. The predicted molar refractivity (Wildman–Crippen MR) is 122 cm³/mol. The van der Waals surface area contributed by atoms with Gasteiger partial charge in [0.1, 0.15) is 11.1 Å². The molecule has 0 radical (unpaired) electrons. The summed E-state index contributed by atoms with van der Waals surface area (Å²) < 4.78 is 13.2. The van der Waals surface area contributed by atoms with E-state index in [9.17, 15) is 18.8 Å². The first kappa shape index (κ1) is 23.0. The average Bonchev–Trinajstić information content (AvgIpc) is 2.79. The number of hydrogen-bond donors (Lipinski definition) is 3. The maximum Gasteiger partial charge on any atom is 0.303 e. The van der Waals surface area contributed by atoms with Gasteiger partial charge in [-0.1, -0.05) is 30.3 Å². The van der Waals surface area contributed by atoms with E-state index in [2.05, 4.69) is 10.6 Å². The lowest BCUT2D eigenvalue weighted by atomic mass is 10.1. The summed E-state index contributed by atoms with van der Waals surface area (Å²) >= 11 is 1.34. The minimum Gasteiger partial charge on any atom is -0.481 e. The first-order chi connectivity index (χ1) is 15.4. The third kappa shape index (κ3) is 6.95. The molecule has 32 heavy (non-hydrogen) atoms. The summed E-state index contributed by atoms with van der Waals surface area (Å²) in [5.41, 5.74) is 1.84. The van der Waals surface area contributed by atoms with E-state index in [0.717, 1.165) is 10.5 Å². The van der Waals surface area contributed by atoms with E-state index in [1.54, 1.807) is 24.3 Å². The lowest BCUT2D eigenvalue weighted by Gasteiger charge is -2.17. The third-order valence-corrected chi connectivity index (χ3v) is 5.68. The molecule has 164 valence electrons. The Hall–Kier alpha value is -3.65. The maximum atomic E-state index is 13.2. The zero-order valence-corrected chi connectivity index (χ0v) is 17.8. The van der Waals surface area contributed by atoms with Crippen LogP contribution in [0.15, 0.2) is 83.8 Å². The van der Waals surface area contributed by atoms with Crippen LogP contribution in [-0.4, -0.2) is 22.9 Å². The van der Waals surface area contributed by atoms with Crippen molar-refractivity contribution in [3.8, 4) is 0 Å². The van der Waals surface area contributed by atoms with Gasteiger partial charge in [-0.3, -0.25) is 14.4 Å². The Balaban J connectivity index is 1.70. The van der Waals surface area contributed by atoms with Crippen LogP contribution in [0.2, 0.25) is 0 Å². The van der Waals surface area contributed by atoms with E-state index in [1.807, 2.05) is 30.3 Å². The standard InChI is InChI=1S/C24H21FN2O4S/c25-17-6-8-19(9-7-17)27-24(31)23(16-4-2-1-3-5-16)32-20-12-10-18(11-13-20)26-21(28)14-15-22(29)30/h1-13,23H,14-15H2,(H,26,28)(H,27,31)(H,29,30). The smallest absolute Gasteiger partial charge is 0.303 e. The molecule has 3 rings (SSSR count). The van der Waals surface area contributed by atoms with Gasteiger partial charge in [0.15, 0.2) is 0 Å². The maximum absolute atomic E-state index is 13.2. The number of halogens is 1. The quantitative estimate of drug-likeness (QED) is 0.393. The van der Waals surface area contributed by atoms with E-state index in [0.29, 0.717) is 11.4 Å². The molecule has 0 aromatic heterocycles. The second kappa shape index (κ2) is 11.1. The van der Waals surface area contributed by atoms with Crippen LogP contribution in [0.3, 0.4) is 0 Å². The SMILES string of the molecule is O=C(O)CCC(=O)Nc1ccc(SC(C(=O)Nc2ccc(F)cc2)c2ccccc2)cc1. The van der Waals surface area contributed by atoms with Gasteiger partial charge in [-0.15, -0.1) is 11.8 Å². The molecule has 0 aliphatic carbocycles. The molecule has 1 atom stereocenters. The number of anilines is 2. The van der Waals surface area contributed by atoms with Crippen molar-refractivity contribution in [3.05, 3.63) is 90.2 Å². The summed E-state index contributed by atoms with van der Waals surface area (Å²) in [6, 6.07) is 21.8. The highest BCUT2D eigenvalue weighted by Gasteiger charge is 2.22. The van der Waals surface area contributed by atoms with Crippen molar-refractivity contribution in [1.29, 1.82) is 0 Å². The fourth-order valence-electron chi connectivity index (χ4n) is 2.84. The Labute approximate surface area is 188 Å². The summed E-state index contributed by atoms with van der Waals surface area (Å²) in [6.45, 7) is 0. The molecule has 1 unspecified atom stereocenters. The number of thioether (sulfide) groups is 1. The van der Waals surface area contributed by atoms with Gasteiger partial charge in [-0.2, -0.15) is 0 Å². The zero-order valence-electron chi connectivity index (χ0n) is 17.0. The average molecular weight is 453 g/mol. The van der Waals surface area contributed by atoms with Crippen LogP contribution in [0.4, 0.5) is 15.8 Å². The minimum absolute atomic E-state index is 0.106. The number of hydrogen-bond acceptors (Lipinski definition) is 4. The Kier molecular flexibility index (Phi) is 7.99. The molecule has 6 nitrogen and oxygen atoms in total. The number of carbonyl (C=O) groups is 3. The summed E-state index contributed by atoms with van der Waals surface area (Å²) in [5, 5.41) is 13.6. The molecule has 0 saturated carbocycles. The number of amides is 2. The Morgan fingerprint density at radius 2 is 1.41 bits per heavy atom. The van der Waals surface area contributed by atoms with Crippen molar-refractivity contribution in [3.63, 3.8) is 0 Å². The molecule has 0 aliphatic heterocycles. The summed E-state index contributed by atoms with van der Waals surface area (Å²) in [6.07, 6.45) is -0.340. The lowest BCUT2D eigenvalue weighted by Crippen LogP contribution is -2.19. The Bertz CT molecular complexity index is 1070. The van der Waals surface area contributed by atoms with Crippen LogP contribution in [0.5, 0.6) is 0 Å². The molecule has 3 aromatic rings. The van der Waals surface area contributed by atoms with Crippen LogP contribution >= 0.6 is 11.8 Å². The number of benzene rings is 3. The van der Waals surface area contributed by atoms with E-state index in [4.69, 9.17) is 5.11 Å². The normalized spacial score (nSPS) is 11.4. The van der Waals surface area contributed by atoms with E-state index in [-0.39, 0.29) is 30.5 Å². The second-order valence-electron chi connectivity index (χ2n) is 6.87. The number of nitrogens with one attached hydrogen (secondary N) is 2. The largest absolute Gasteiger partial charge is 0.481 e. The first-order valence-electron chi connectivity index (χ1n) is 9.80. The van der Waals surface area contributed by atoms with E-state index in [1.165, 1.54) is 36.0 Å². The second-order valence-corrected chi connectivity index (χ2v) is 8.05. The van der Waals surface area contributed by atoms with Gasteiger partial charge >= 0.3 is 5.97 Å². The van der Waals surface area contributed by atoms with Crippen molar-refractivity contribution < 1.29 is 23.9 Å². The molecule has 0 saturated heterocycles. The molecular weight excluding hydrogens is 431 g/mol. The molecule has 0 heterocycles. The van der Waals surface area contributed by atoms with E-state index < -0.39 is 11.2 Å². The van der Waals surface area contributed by atoms with Gasteiger partial charge in [-0.05, 0) is 54.1 Å². The van der Waals surface area contributed by atoms with Crippen molar-refractivity contribution in [1.82, 2.24) is 0 Å². The predicted octanol–water partition coefficient (Wildman–Crippen LogP) is 5.10. The fourth-order valence-corrected chi connectivity index (χ4v) is 3.86. The molecule has 3 aromatic carbocycles. The van der Waals surface area contributed by atoms with Crippen LogP contribution in [-0.2, 0) is 14.4 Å². The molecule has 0 fully saturated rings. The van der Waals surface area contributed by atoms with Gasteiger partial charge in [0, 0.05) is 22.7 Å². The van der Waals surface area contributed by atoms with Crippen LogP contribution in [0, 0.1) is 5.82 Å². The van der Waals surface area contributed by atoms with Crippen molar-refractivity contribution >= 4 is 40.9 Å². The number of carboxylic acids is 1. The molecule has 0 aliphatic rings. The molecule has 0 spiro atoms. The molecular formula is C24H21FN2O4S. The highest BCUT2D eigenvalue weighted by Crippen LogP contribution is 2.36. The summed E-state index contributed by atoms with van der Waals surface area (Å²) in [5.74, 6) is -2.04. The third-order valence-electron chi connectivity index (χ3n) is 4.41.